The van der Waals surface area contributed by atoms with Gasteiger partial charge < -0.3 is 15.5 Å². The van der Waals surface area contributed by atoms with Crippen LogP contribution in [-0.2, 0) is 15.4 Å². The number of nitrogens with one attached hydrogen (secondary N) is 2. The lowest BCUT2D eigenvalue weighted by atomic mass is 9.41. The normalized spacial score (nSPS) is 38.9. The summed E-state index contributed by atoms with van der Waals surface area (Å²) in [6.07, 6.45) is 9.81. The molecular weight excluding hydrogens is 584 g/mol. The molecular formula is C37H60N2O5S. The third-order valence-corrected chi connectivity index (χ3v) is 14.9. The number of carbonyl (C=O) groups is 1. The number of fused-ring (bicyclic) bond motifs is 5. The van der Waals surface area contributed by atoms with E-state index in [9.17, 15) is 23.4 Å². The Morgan fingerprint density at radius 1 is 0.978 bits per heavy atom. The van der Waals surface area contributed by atoms with E-state index >= 15 is 0 Å². The van der Waals surface area contributed by atoms with Crippen LogP contribution in [0.1, 0.15) is 118 Å². The number of hydrogen-bond donors (Lipinski definition) is 4. The molecule has 2 amide bonds. The molecule has 0 bridgehead atoms. The zero-order valence-electron chi connectivity index (χ0n) is 28.8. The molecule has 8 heteroatoms. The standard InChI is InChI=1S/C37H60N2O5S/c1-8-27-31-22-25(40)17-19-37(31,7)30-18-20-36(6)28(15-16-29(36)32(30)33(27)41)23(2)10-9-21-38-34(42)39-45(43,44)26-13-11-24(12-14-26)35(3,4)5/h11-14,23,25,27-33,40-41H,8-10,15-22H2,1-7H3,(H2,38,39,42)/t23-,25-,27-,28?,29+,30+,31+,32+,33-,36-,37-/m1/s1. The summed E-state index contributed by atoms with van der Waals surface area (Å²) >= 11 is 0. The quantitative estimate of drug-likeness (QED) is 0.227. The van der Waals surface area contributed by atoms with Gasteiger partial charge >= 0.3 is 6.03 Å². The molecule has 5 rings (SSSR count). The predicted molar refractivity (Wildman–Crippen MR) is 179 cm³/mol. The Morgan fingerprint density at radius 2 is 1.62 bits per heavy atom. The van der Waals surface area contributed by atoms with Crippen molar-refractivity contribution in [3.8, 4) is 0 Å². The van der Waals surface area contributed by atoms with E-state index in [2.05, 4.69) is 58.5 Å². The van der Waals surface area contributed by atoms with E-state index in [-0.39, 0.29) is 39.3 Å². The van der Waals surface area contributed by atoms with Crippen LogP contribution in [0.4, 0.5) is 4.79 Å². The second-order valence-corrected chi connectivity index (χ2v) is 18.6. The topological polar surface area (TPSA) is 116 Å². The van der Waals surface area contributed by atoms with Crippen molar-refractivity contribution in [3.63, 3.8) is 0 Å². The number of urea groups is 1. The van der Waals surface area contributed by atoms with Crippen LogP contribution in [0.15, 0.2) is 29.2 Å². The van der Waals surface area contributed by atoms with Crippen LogP contribution in [0, 0.1) is 52.3 Å². The number of carbonyl (C=O) groups excluding carboxylic acids is 1. The molecule has 0 radical (unpaired) electrons. The minimum Gasteiger partial charge on any atom is -0.393 e. The Morgan fingerprint density at radius 3 is 2.27 bits per heavy atom. The SMILES string of the molecule is CC[C@H]1[C@@H](O)[C@@H]2[C@H](CC[C@]3(C)C([C@H](C)CCCNC(=O)NS(=O)(=O)c4ccc(C(C)(C)C)cc4)CC[C@@H]23)[C@@]2(C)CC[C@@H](O)C[C@@H]12. The second-order valence-electron chi connectivity index (χ2n) is 16.9. The van der Waals surface area contributed by atoms with Crippen LogP contribution in [-0.4, -0.2) is 43.4 Å². The molecule has 0 aromatic heterocycles. The largest absolute Gasteiger partial charge is 0.393 e. The molecule has 4 fully saturated rings. The number of amides is 2. The first-order chi connectivity index (χ1) is 21.0. The molecule has 0 aliphatic heterocycles. The summed E-state index contributed by atoms with van der Waals surface area (Å²) < 4.78 is 27.7. The van der Waals surface area contributed by atoms with Gasteiger partial charge in [0, 0.05) is 6.54 Å². The minimum absolute atomic E-state index is 0.0805. The summed E-state index contributed by atoms with van der Waals surface area (Å²) in [5, 5.41) is 25.3. The van der Waals surface area contributed by atoms with Crippen molar-refractivity contribution in [1.29, 1.82) is 0 Å². The average Bonchev–Trinajstić information content (AvgIpc) is 3.33. The van der Waals surface area contributed by atoms with Crippen LogP contribution in [0.25, 0.3) is 0 Å². The summed E-state index contributed by atoms with van der Waals surface area (Å²) in [6.45, 7) is 16.2. The van der Waals surface area contributed by atoms with Crippen LogP contribution < -0.4 is 10.0 Å². The highest BCUT2D eigenvalue weighted by molar-refractivity contribution is 7.90. The number of sulfonamides is 1. The number of rotatable bonds is 8. The zero-order chi connectivity index (χ0) is 32.9. The first-order valence-electron chi connectivity index (χ1n) is 17.8. The van der Waals surface area contributed by atoms with Crippen molar-refractivity contribution in [2.24, 2.45) is 52.3 Å². The third kappa shape index (κ3) is 6.46. The second kappa shape index (κ2) is 12.8. The van der Waals surface area contributed by atoms with Crippen molar-refractivity contribution < 1.29 is 23.4 Å². The highest BCUT2D eigenvalue weighted by Crippen LogP contribution is 2.69. The molecule has 7 nitrogen and oxygen atoms in total. The molecule has 1 unspecified atom stereocenters. The maximum Gasteiger partial charge on any atom is 0.328 e. The molecule has 4 aliphatic rings. The summed E-state index contributed by atoms with van der Waals surface area (Å²) in [6, 6.07) is 6.00. The van der Waals surface area contributed by atoms with E-state index in [0.717, 1.165) is 44.1 Å². The van der Waals surface area contributed by atoms with Crippen molar-refractivity contribution in [3.05, 3.63) is 29.8 Å². The third-order valence-electron chi connectivity index (χ3n) is 13.5. The first-order valence-corrected chi connectivity index (χ1v) is 19.3. The summed E-state index contributed by atoms with van der Waals surface area (Å²) in [5.74, 6) is 3.17. The van der Waals surface area contributed by atoms with E-state index in [0.29, 0.717) is 42.1 Å². The highest BCUT2D eigenvalue weighted by Gasteiger charge is 2.64. The molecule has 4 saturated carbocycles. The Balaban J connectivity index is 1.15. The Kier molecular flexibility index (Phi) is 9.84. The maximum absolute atomic E-state index is 12.8. The van der Waals surface area contributed by atoms with Gasteiger partial charge in [0.25, 0.3) is 10.0 Å². The molecule has 0 saturated heterocycles. The van der Waals surface area contributed by atoms with Gasteiger partial charge in [-0.05, 0) is 133 Å². The molecule has 0 heterocycles. The van der Waals surface area contributed by atoms with Crippen molar-refractivity contribution in [1.82, 2.24) is 10.0 Å². The predicted octanol–water partition coefficient (Wildman–Crippen LogP) is 7.02. The fourth-order valence-electron chi connectivity index (χ4n) is 11.1. The van der Waals surface area contributed by atoms with Crippen molar-refractivity contribution in [2.45, 2.75) is 135 Å². The van der Waals surface area contributed by atoms with Gasteiger partial charge in [-0.2, -0.15) is 0 Å². The van der Waals surface area contributed by atoms with Crippen LogP contribution in [0.3, 0.4) is 0 Å². The average molecular weight is 645 g/mol. The summed E-state index contributed by atoms with van der Waals surface area (Å²) in [5.41, 5.74) is 1.37. The molecule has 45 heavy (non-hydrogen) atoms. The van der Waals surface area contributed by atoms with Gasteiger partial charge in [0.1, 0.15) is 0 Å². The van der Waals surface area contributed by atoms with Gasteiger partial charge in [0.05, 0.1) is 17.1 Å². The maximum atomic E-state index is 12.8. The van der Waals surface area contributed by atoms with Gasteiger partial charge in [0.15, 0.2) is 0 Å². The van der Waals surface area contributed by atoms with E-state index in [1.165, 1.54) is 25.7 Å². The lowest BCUT2D eigenvalue weighted by molar-refractivity contribution is -0.203. The van der Waals surface area contributed by atoms with Gasteiger partial charge in [-0.1, -0.05) is 67.0 Å². The minimum atomic E-state index is -3.94. The fourth-order valence-corrected chi connectivity index (χ4v) is 12.0. The molecule has 0 spiro atoms. The molecule has 1 aromatic carbocycles. The molecule has 4 aliphatic carbocycles. The summed E-state index contributed by atoms with van der Waals surface area (Å²) in [7, 11) is -3.94. The molecule has 4 N–H and O–H groups in total. The monoisotopic (exact) mass is 644 g/mol. The van der Waals surface area contributed by atoms with Crippen LogP contribution in [0.5, 0.6) is 0 Å². The van der Waals surface area contributed by atoms with Gasteiger partial charge in [-0.15, -0.1) is 0 Å². The lowest BCUT2D eigenvalue weighted by Crippen LogP contribution is -2.62. The summed E-state index contributed by atoms with van der Waals surface area (Å²) in [4.78, 5) is 12.6. The van der Waals surface area contributed by atoms with Gasteiger partial charge in [-0.25, -0.2) is 17.9 Å². The molecule has 1 aromatic rings. The Hall–Kier alpha value is -1.64. The van der Waals surface area contributed by atoms with E-state index in [1.54, 1.807) is 24.3 Å². The van der Waals surface area contributed by atoms with Crippen LogP contribution >= 0.6 is 0 Å². The molecule has 254 valence electrons. The number of aliphatic hydroxyl groups is 2. The van der Waals surface area contributed by atoms with Crippen LogP contribution in [0.2, 0.25) is 0 Å². The number of hydrogen-bond acceptors (Lipinski definition) is 5. The number of benzene rings is 1. The highest BCUT2D eigenvalue weighted by atomic mass is 32.2. The van der Waals surface area contributed by atoms with E-state index in [4.69, 9.17) is 0 Å². The van der Waals surface area contributed by atoms with Gasteiger partial charge in [-0.3, -0.25) is 0 Å². The Labute approximate surface area is 272 Å². The van der Waals surface area contributed by atoms with Crippen molar-refractivity contribution in [2.75, 3.05) is 6.54 Å². The van der Waals surface area contributed by atoms with E-state index in [1.807, 2.05) is 0 Å². The smallest absolute Gasteiger partial charge is 0.328 e. The van der Waals surface area contributed by atoms with Crippen molar-refractivity contribution >= 4 is 16.1 Å². The van der Waals surface area contributed by atoms with E-state index < -0.39 is 16.1 Å². The number of aliphatic hydroxyl groups excluding tert-OH is 2. The zero-order valence-corrected chi connectivity index (χ0v) is 29.6. The van der Waals surface area contributed by atoms with Gasteiger partial charge in [0.2, 0.25) is 0 Å². The first kappa shape index (κ1) is 34.7. The Bertz CT molecular complexity index is 1310. The molecule has 11 atom stereocenters. The lowest BCUT2D eigenvalue weighted by Gasteiger charge is -2.64. The fraction of sp³-hybridized carbons (Fsp3) is 0.811.